The molecule has 7 heteroatoms. The number of hydrogen-bond acceptors (Lipinski definition) is 4. The Morgan fingerprint density at radius 1 is 1.39 bits per heavy atom. The fraction of sp³-hybridized carbons (Fsp3) is 0.381. The summed E-state index contributed by atoms with van der Waals surface area (Å²) in [7, 11) is 1.61. The van der Waals surface area contributed by atoms with Gasteiger partial charge in [0.15, 0.2) is 0 Å². The molecule has 5 nitrogen and oxygen atoms in total. The van der Waals surface area contributed by atoms with Crippen molar-refractivity contribution in [1.82, 2.24) is 14.5 Å². The second kappa shape index (κ2) is 7.47. The number of fused-ring (bicyclic) bond motifs is 3. The zero-order valence-corrected chi connectivity index (χ0v) is 16.8. The SMILES string of the molecule is CC1CCc2c(sc3ncn(CC(=O)N(C)Cc4ccccc4F)c(=O)c23)C1. The molecule has 0 spiro atoms. The van der Waals surface area contributed by atoms with Crippen molar-refractivity contribution in [1.29, 1.82) is 0 Å². The van der Waals surface area contributed by atoms with Gasteiger partial charge in [-0.1, -0.05) is 25.1 Å². The van der Waals surface area contributed by atoms with Crippen molar-refractivity contribution >= 4 is 27.5 Å². The van der Waals surface area contributed by atoms with Gasteiger partial charge >= 0.3 is 0 Å². The van der Waals surface area contributed by atoms with Gasteiger partial charge in [0.2, 0.25) is 5.91 Å². The number of aromatic nitrogens is 2. The number of aryl methyl sites for hydroxylation is 1. The van der Waals surface area contributed by atoms with E-state index >= 15 is 0 Å². The number of benzene rings is 1. The summed E-state index contributed by atoms with van der Waals surface area (Å²) in [5, 5.41) is 0.666. The maximum Gasteiger partial charge on any atom is 0.262 e. The molecule has 1 atom stereocenters. The molecule has 146 valence electrons. The highest BCUT2D eigenvalue weighted by Crippen LogP contribution is 2.35. The molecule has 3 aromatic rings. The van der Waals surface area contributed by atoms with E-state index in [0.29, 0.717) is 16.9 Å². The molecule has 0 N–H and O–H groups in total. The minimum absolute atomic E-state index is 0.103. The highest BCUT2D eigenvalue weighted by atomic mass is 32.1. The second-order valence-corrected chi connectivity index (χ2v) is 8.63. The van der Waals surface area contributed by atoms with Crippen LogP contribution in [0, 0.1) is 11.7 Å². The Kier molecular flexibility index (Phi) is 5.02. The smallest absolute Gasteiger partial charge is 0.262 e. The van der Waals surface area contributed by atoms with Gasteiger partial charge in [-0.25, -0.2) is 9.37 Å². The van der Waals surface area contributed by atoms with Crippen molar-refractivity contribution < 1.29 is 9.18 Å². The first-order valence-corrected chi connectivity index (χ1v) is 10.2. The molecular weight excluding hydrogens is 377 g/mol. The van der Waals surface area contributed by atoms with Crippen molar-refractivity contribution in [3.05, 3.63) is 62.8 Å². The number of halogens is 1. The van der Waals surface area contributed by atoms with E-state index in [4.69, 9.17) is 0 Å². The molecule has 1 amide bonds. The Labute approximate surface area is 166 Å². The van der Waals surface area contributed by atoms with Crippen LogP contribution in [0.25, 0.3) is 10.2 Å². The zero-order chi connectivity index (χ0) is 19.8. The van der Waals surface area contributed by atoms with E-state index in [0.717, 1.165) is 29.7 Å². The predicted molar refractivity (Wildman–Crippen MR) is 108 cm³/mol. The molecule has 1 aromatic carbocycles. The highest BCUT2D eigenvalue weighted by Gasteiger charge is 2.23. The first-order valence-electron chi connectivity index (χ1n) is 9.41. The summed E-state index contributed by atoms with van der Waals surface area (Å²) in [5.41, 5.74) is 1.39. The molecule has 1 unspecified atom stereocenters. The van der Waals surface area contributed by atoms with Gasteiger partial charge in [-0.15, -0.1) is 11.3 Å². The van der Waals surface area contributed by atoms with Crippen molar-refractivity contribution in [2.75, 3.05) is 7.05 Å². The van der Waals surface area contributed by atoms with Crippen molar-refractivity contribution in [2.45, 2.75) is 39.3 Å². The molecular formula is C21H22FN3O2S. The Morgan fingerprint density at radius 3 is 2.96 bits per heavy atom. The van der Waals surface area contributed by atoms with Crippen LogP contribution in [0.1, 0.15) is 29.3 Å². The van der Waals surface area contributed by atoms with Crippen LogP contribution in [-0.2, 0) is 30.7 Å². The summed E-state index contributed by atoms with van der Waals surface area (Å²) in [6.07, 6.45) is 4.39. The molecule has 0 radical (unpaired) electrons. The standard InChI is InChI=1S/C21H22FN3O2S/c1-13-7-8-15-17(9-13)28-20-19(15)21(27)25(12-23-20)11-18(26)24(2)10-14-5-3-4-6-16(14)22/h3-6,12-13H,7-11H2,1-2H3. The molecule has 0 saturated heterocycles. The average Bonchev–Trinajstić information content (AvgIpc) is 3.03. The minimum atomic E-state index is -0.346. The molecule has 1 aliphatic rings. The van der Waals surface area contributed by atoms with Gasteiger partial charge < -0.3 is 4.90 Å². The largest absolute Gasteiger partial charge is 0.340 e. The number of amides is 1. The van der Waals surface area contributed by atoms with Crippen LogP contribution in [0.4, 0.5) is 4.39 Å². The average molecular weight is 399 g/mol. The summed E-state index contributed by atoms with van der Waals surface area (Å²) in [4.78, 5) is 33.5. The Balaban J connectivity index is 1.58. The topological polar surface area (TPSA) is 55.2 Å². The number of carbonyl (C=O) groups excluding carboxylic acids is 1. The maximum absolute atomic E-state index is 13.8. The lowest BCUT2D eigenvalue weighted by Gasteiger charge is -2.19. The molecule has 28 heavy (non-hydrogen) atoms. The first kappa shape index (κ1) is 18.8. The molecule has 4 rings (SSSR count). The molecule has 0 aliphatic heterocycles. The van der Waals surface area contributed by atoms with Crippen molar-refractivity contribution in [2.24, 2.45) is 5.92 Å². The molecule has 0 fully saturated rings. The van der Waals surface area contributed by atoms with E-state index < -0.39 is 0 Å². The molecule has 1 aliphatic carbocycles. The van der Waals surface area contributed by atoms with Crippen molar-refractivity contribution in [3.8, 4) is 0 Å². The lowest BCUT2D eigenvalue weighted by molar-refractivity contribution is -0.131. The van der Waals surface area contributed by atoms with Gasteiger partial charge in [0.05, 0.1) is 11.7 Å². The van der Waals surface area contributed by atoms with Gasteiger partial charge in [-0.2, -0.15) is 0 Å². The maximum atomic E-state index is 13.8. The molecule has 2 heterocycles. The molecule has 0 bridgehead atoms. The van der Waals surface area contributed by atoms with Crippen molar-refractivity contribution in [3.63, 3.8) is 0 Å². The Bertz CT molecular complexity index is 1100. The quantitative estimate of drug-likeness (QED) is 0.676. The van der Waals surface area contributed by atoms with E-state index in [1.165, 1.54) is 26.7 Å². The third kappa shape index (κ3) is 3.46. The monoisotopic (exact) mass is 399 g/mol. The zero-order valence-electron chi connectivity index (χ0n) is 15.9. The number of thiophene rings is 1. The minimum Gasteiger partial charge on any atom is -0.340 e. The van der Waals surface area contributed by atoms with E-state index in [1.807, 2.05) is 0 Å². The van der Waals surface area contributed by atoms with Crippen LogP contribution in [0.2, 0.25) is 0 Å². The third-order valence-electron chi connectivity index (χ3n) is 5.38. The second-order valence-electron chi connectivity index (χ2n) is 7.55. The van der Waals surface area contributed by atoms with Crippen LogP contribution in [0.3, 0.4) is 0 Å². The van der Waals surface area contributed by atoms with Crippen LogP contribution in [0.5, 0.6) is 0 Å². The first-order chi connectivity index (χ1) is 13.4. The van der Waals surface area contributed by atoms with Crippen LogP contribution < -0.4 is 5.56 Å². The van der Waals surface area contributed by atoms with Gasteiger partial charge in [-0.3, -0.25) is 14.2 Å². The highest BCUT2D eigenvalue weighted by molar-refractivity contribution is 7.18. The van der Waals surface area contributed by atoms with E-state index in [1.54, 1.807) is 36.6 Å². The van der Waals surface area contributed by atoms with Gasteiger partial charge in [-0.05, 0) is 36.8 Å². The number of nitrogens with zero attached hydrogens (tertiary/aromatic N) is 3. The fourth-order valence-corrected chi connectivity index (χ4v) is 5.06. The summed E-state index contributed by atoms with van der Waals surface area (Å²) in [6, 6.07) is 6.37. The number of likely N-dealkylation sites (N-methyl/N-ethyl adjacent to an activating group) is 1. The van der Waals surface area contributed by atoms with Gasteiger partial charge in [0.1, 0.15) is 17.2 Å². The number of rotatable bonds is 4. The summed E-state index contributed by atoms with van der Waals surface area (Å²) < 4.78 is 15.2. The predicted octanol–water partition coefficient (Wildman–Crippen LogP) is 3.38. The fourth-order valence-electron chi connectivity index (χ4n) is 3.72. The van der Waals surface area contributed by atoms with E-state index in [9.17, 15) is 14.0 Å². The lowest BCUT2D eigenvalue weighted by Crippen LogP contribution is -2.34. The lowest BCUT2D eigenvalue weighted by atomic mass is 9.89. The Hall–Kier alpha value is -2.54. The Morgan fingerprint density at radius 2 is 2.18 bits per heavy atom. The van der Waals surface area contributed by atoms with Crippen LogP contribution in [-0.4, -0.2) is 27.4 Å². The summed E-state index contributed by atoms with van der Waals surface area (Å²) in [5.74, 6) is 0.0159. The number of hydrogen-bond donors (Lipinski definition) is 0. The summed E-state index contributed by atoms with van der Waals surface area (Å²) >= 11 is 1.59. The summed E-state index contributed by atoms with van der Waals surface area (Å²) in [6.45, 7) is 2.28. The number of carbonyl (C=O) groups is 1. The third-order valence-corrected chi connectivity index (χ3v) is 6.54. The van der Waals surface area contributed by atoms with Gasteiger partial charge in [0.25, 0.3) is 5.56 Å². The van der Waals surface area contributed by atoms with E-state index in [2.05, 4.69) is 11.9 Å². The molecule has 0 saturated carbocycles. The van der Waals surface area contributed by atoms with Crippen LogP contribution >= 0.6 is 11.3 Å². The van der Waals surface area contributed by atoms with Gasteiger partial charge in [0, 0.05) is 24.0 Å². The van der Waals surface area contributed by atoms with Crippen LogP contribution in [0.15, 0.2) is 35.4 Å². The molecule has 2 aromatic heterocycles. The van der Waals surface area contributed by atoms with E-state index in [-0.39, 0.29) is 30.4 Å². The normalized spacial score (nSPS) is 16.2.